The minimum atomic E-state index is -0.359. The monoisotopic (exact) mass is 285 g/mol. The molecule has 1 fully saturated rings. The lowest BCUT2D eigenvalue weighted by Crippen LogP contribution is -2.08. The fraction of sp³-hybridized carbons (Fsp3) is 0.412. The average molecular weight is 285 g/mol. The molecule has 0 radical (unpaired) electrons. The van der Waals surface area contributed by atoms with Crippen molar-refractivity contribution in [1.82, 2.24) is 9.97 Å². The van der Waals surface area contributed by atoms with Crippen LogP contribution in [0.2, 0.25) is 0 Å². The second-order valence-corrected chi connectivity index (χ2v) is 5.62. The van der Waals surface area contributed by atoms with Crippen molar-refractivity contribution in [2.24, 2.45) is 0 Å². The van der Waals surface area contributed by atoms with Crippen LogP contribution in [0.25, 0.3) is 11.4 Å². The van der Waals surface area contributed by atoms with Crippen LogP contribution < -0.4 is 5.32 Å². The SMILES string of the molecule is CCCNc1nc(-c2ccc(C3CC3)cc2)nc(C)c1F. The number of hydrogen-bond donors (Lipinski definition) is 1. The van der Waals surface area contributed by atoms with Gasteiger partial charge in [0.25, 0.3) is 0 Å². The molecule has 1 heterocycles. The van der Waals surface area contributed by atoms with Crippen molar-refractivity contribution >= 4 is 5.82 Å². The number of benzene rings is 1. The van der Waals surface area contributed by atoms with Gasteiger partial charge in [-0.15, -0.1) is 0 Å². The first-order chi connectivity index (χ1) is 10.2. The maximum absolute atomic E-state index is 14.0. The molecule has 1 aromatic carbocycles. The molecule has 3 nitrogen and oxygen atoms in total. The Labute approximate surface area is 124 Å². The topological polar surface area (TPSA) is 37.8 Å². The van der Waals surface area contributed by atoms with E-state index in [-0.39, 0.29) is 5.82 Å². The van der Waals surface area contributed by atoms with Gasteiger partial charge in [0.15, 0.2) is 17.5 Å². The molecule has 4 heteroatoms. The van der Waals surface area contributed by atoms with Gasteiger partial charge in [0.1, 0.15) is 0 Å². The molecule has 1 N–H and O–H groups in total. The zero-order chi connectivity index (χ0) is 14.8. The highest BCUT2D eigenvalue weighted by Crippen LogP contribution is 2.40. The molecule has 0 spiro atoms. The molecule has 1 aliphatic carbocycles. The average Bonchev–Trinajstić information content (AvgIpc) is 3.33. The Kier molecular flexibility index (Phi) is 3.86. The lowest BCUT2D eigenvalue weighted by atomic mass is 10.1. The normalized spacial score (nSPS) is 14.2. The van der Waals surface area contributed by atoms with Crippen molar-refractivity contribution < 1.29 is 4.39 Å². The highest BCUT2D eigenvalue weighted by atomic mass is 19.1. The van der Waals surface area contributed by atoms with E-state index in [1.807, 2.05) is 19.1 Å². The van der Waals surface area contributed by atoms with Gasteiger partial charge in [-0.05, 0) is 37.7 Å². The third-order valence-electron chi connectivity index (χ3n) is 3.78. The van der Waals surface area contributed by atoms with Crippen molar-refractivity contribution in [2.75, 3.05) is 11.9 Å². The molecular formula is C17H20FN3. The zero-order valence-corrected chi connectivity index (χ0v) is 12.5. The molecule has 21 heavy (non-hydrogen) atoms. The fourth-order valence-electron chi connectivity index (χ4n) is 2.37. The van der Waals surface area contributed by atoms with Crippen molar-refractivity contribution in [3.05, 3.63) is 41.3 Å². The van der Waals surface area contributed by atoms with Crippen molar-refractivity contribution in [3.63, 3.8) is 0 Å². The number of hydrogen-bond acceptors (Lipinski definition) is 3. The van der Waals surface area contributed by atoms with Gasteiger partial charge in [-0.3, -0.25) is 0 Å². The van der Waals surface area contributed by atoms with E-state index in [0.717, 1.165) is 17.9 Å². The summed E-state index contributed by atoms with van der Waals surface area (Å²) in [6.07, 6.45) is 3.50. The second kappa shape index (κ2) is 5.80. The molecule has 3 rings (SSSR count). The number of aryl methyl sites for hydroxylation is 1. The van der Waals surface area contributed by atoms with E-state index >= 15 is 0 Å². The Morgan fingerprint density at radius 1 is 1.19 bits per heavy atom. The molecule has 0 atom stereocenters. The van der Waals surface area contributed by atoms with E-state index < -0.39 is 0 Å². The van der Waals surface area contributed by atoms with Gasteiger partial charge in [-0.1, -0.05) is 31.2 Å². The predicted molar refractivity (Wildman–Crippen MR) is 82.9 cm³/mol. The second-order valence-electron chi connectivity index (χ2n) is 5.62. The zero-order valence-electron chi connectivity index (χ0n) is 12.5. The van der Waals surface area contributed by atoms with Gasteiger partial charge >= 0.3 is 0 Å². The van der Waals surface area contributed by atoms with Crippen molar-refractivity contribution in [2.45, 2.75) is 39.0 Å². The summed E-state index contributed by atoms with van der Waals surface area (Å²) in [4.78, 5) is 8.61. The summed E-state index contributed by atoms with van der Waals surface area (Å²) in [6, 6.07) is 8.33. The number of aromatic nitrogens is 2. The first kappa shape index (κ1) is 14.0. The summed E-state index contributed by atoms with van der Waals surface area (Å²) >= 11 is 0. The van der Waals surface area contributed by atoms with Crippen LogP contribution in [-0.4, -0.2) is 16.5 Å². The van der Waals surface area contributed by atoms with Gasteiger partial charge in [0.05, 0.1) is 5.69 Å². The van der Waals surface area contributed by atoms with E-state index in [0.29, 0.717) is 23.9 Å². The van der Waals surface area contributed by atoms with E-state index in [9.17, 15) is 4.39 Å². The van der Waals surface area contributed by atoms with Crippen LogP contribution in [0.5, 0.6) is 0 Å². The Balaban J connectivity index is 1.91. The third-order valence-corrected chi connectivity index (χ3v) is 3.78. The quantitative estimate of drug-likeness (QED) is 0.890. The Hall–Kier alpha value is -1.97. The molecule has 2 aromatic rings. The molecule has 1 saturated carbocycles. The standard InChI is InChI=1S/C17H20FN3/c1-3-10-19-17-15(18)11(2)20-16(21-17)14-8-6-13(7-9-14)12-4-5-12/h6-9,12H,3-5,10H2,1-2H3,(H,19,20,21). The Morgan fingerprint density at radius 2 is 1.90 bits per heavy atom. The van der Waals surface area contributed by atoms with E-state index in [1.165, 1.54) is 18.4 Å². The summed E-state index contributed by atoms with van der Waals surface area (Å²) < 4.78 is 14.0. The van der Waals surface area contributed by atoms with Crippen LogP contribution >= 0.6 is 0 Å². The molecule has 0 bridgehead atoms. The molecule has 1 aliphatic rings. The number of nitrogens with one attached hydrogen (secondary N) is 1. The number of nitrogens with zero attached hydrogens (tertiary/aromatic N) is 2. The molecule has 0 saturated heterocycles. The first-order valence-corrected chi connectivity index (χ1v) is 7.57. The Bertz CT molecular complexity index is 633. The largest absolute Gasteiger partial charge is 0.368 e. The summed E-state index contributed by atoms with van der Waals surface area (Å²) in [5, 5.41) is 3.03. The van der Waals surface area contributed by atoms with Gasteiger partial charge in [0, 0.05) is 12.1 Å². The van der Waals surface area contributed by atoms with E-state index in [2.05, 4.69) is 27.4 Å². The highest BCUT2D eigenvalue weighted by molar-refractivity contribution is 5.58. The smallest absolute Gasteiger partial charge is 0.186 e. The molecule has 0 unspecified atom stereocenters. The first-order valence-electron chi connectivity index (χ1n) is 7.57. The van der Waals surface area contributed by atoms with Crippen LogP contribution in [-0.2, 0) is 0 Å². The lowest BCUT2D eigenvalue weighted by molar-refractivity contribution is 0.605. The molecule has 110 valence electrons. The van der Waals surface area contributed by atoms with Crippen LogP contribution in [0.1, 0.15) is 43.4 Å². The lowest BCUT2D eigenvalue weighted by Gasteiger charge is -2.10. The number of rotatable bonds is 5. The predicted octanol–water partition coefficient (Wildman–Crippen LogP) is 4.29. The summed E-state index contributed by atoms with van der Waals surface area (Å²) in [5.41, 5.74) is 2.69. The van der Waals surface area contributed by atoms with Crippen LogP contribution in [0.3, 0.4) is 0 Å². The number of anilines is 1. The molecule has 0 amide bonds. The highest BCUT2D eigenvalue weighted by Gasteiger charge is 2.23. The maximum Gasteiger partial charge on any atom is 0.186 e. The molecular weight excluding hydrogens is 265 g/mol. The molecule has 1 aromatic heterocycles. The molecule has 0 aliphatic heterocycles. The van der Waals surface area contributed by atoms with Crippen molar-refractivity contribution in [1.29, 1.82) is 0 Å². The van der Waals surface area contributed by atoms with Gasteiger partial charge < -0.3 is 5.32 Å². The summed E-state index contributed by atoms with van der Waals surface area (Å²) in [5.74, 6) is 1.25. The fourth-order valence-corrected chi connectivity index (χ4v) is 2.37. The van der Waals surface area contributed by atoms with Crippen LogP contribution in [0.4, 0.5) is 10.2 Å². The summed E-state index contributed by atoms with van der Waals surface area (Å²) in [7, 11) is 0. The summed E-state index contributed by atoms with van der Waals surface area (Å²) in [6.45, 7) is 4.42. The van der Waals surface area contributed by atoms with Gasteiger partial charge in [0.2, 0.25) is 0 Å². The maximum atomic E-state index is 14.0. The minimum Gasteiger partial charge on any atom is -0.368 e. The van der Waals surface area contributed by atoms with E-state index in [1.54, 1.807) is 6.92 Å². The van der Waals surface area contributed by atoms with Crippen molar-refractivity contribution in [3.8, 4) is 11.4 Å². The van der Waals surface area contributed by atoms with Crippen LogP contribution in [0, 0.1) is 12.7 Å². The number of halogens is 1. The minimum absolute atomic E-state index is 0.297. The van der Waals surface area contributed by atoms with E-state index in [4.69, 9.17) is 0 Å². The van der Waals surface area contributed by atoms with Gasteiger partial charge in [-0.2, -0.15) is 0 Å². The third kappa shape index (κ3) is 3.04. The Morgan fingerprint density at radius 3 is 2.52 bits per heavy atom. The van der Waals surface area contributed by atoms with Gasteiger partial charge in [-0.25, -0.2) is 14.4 Å². The van der Waals surface area contributed by atoms with Crippen LogP contribution in [0.15, 0.2) is 24.3 Å².